The Balaban J connectivity index is 3.07. The molecule has 0 spiro atoms. The van der Waals surface area contributed by atoms with Gasteiger partial charge in [0.05, 0.1) is 5.69 Å². The number of benzene rings is 1. The zero-order valence-electron chi connectivity index (χ0n) is 10.1. The van der Waals surface area contributed by atoms with Crippen molar-refractivity contribution in [1.29, 1.82) is 0 Å². The third-order valence-corrected chi connectivity index (χ3v) is 2.71. The van der Waals surface area contributed by atoms with Crippen molar-refractivity contribution in [2.75, 3.05) is 12.5 Å². The lowest BCUT2D eigenvalue weighted by Crippen LogP contribution is -2.10. The molecule has 15 heavy (non-hydrogen) atoms. The lowest BCUT2D eigenvalue weighted by atomic mass is 9.87. The third kappa shape index (κ3) is 4.04. The highest BCUT2D eigenvalue weighted by Gasteiger charge is 2.12. The minimum Gasteiger partial charge on any atom is -0.250 e. The first kappa shape index (κ1) is 12.2. The maximum Gasteiger partial charge on any atom is 0.0730 e. The normalized spacial score (nSPS) is 12.6. The van der Waals surface area contributed by atoms with Gasteiger partial charge in [0.15, 0.2) is 0 Å². The summed E-state index contributed by atoms with van der Waals surface area (Å²) in [5.41, 5.74) is 2.21. The molecule has 84 valence electrons. The van der Waals surface area contributed by atoms with Gasteiger partial charge in [0.2, 0.25) is 0 Å². The van der Waals surface area contributed by atoms with Crippen molar-refractivity contribution in [1.82, 2.24) is 0 Å². The van der Waals surface area contributed by atoms with Gasteiger partial charge in [0.25, 0.3) is 0 Å². The molecule has 0 aliphatic rings. The van der Waals surface area contributed by atoms with Crippen molar-refractivity contribution < 1.29 is 4.21 Å². The average molecular weight is 225 g/mol. The topological polar surface area (TPSA) is 29.4 Å². The predicted octanol–water partition coefficient (Wildman–Crippen LogP) is 3.34. The Morgan fingerprint density at radius 1 is 1.07 bits per heavy atom. The second-order valence-electron chi connectivity index (χ2n) is 5.07. The van der Waals surface area contributed by atoms with Gasteiger partial charge >= 0.3 is 0 Å². The highest BCUT2D eigenvalue weighted by molar-refractivity contribution is 7.92. The smallest absolute Gasteiger partial charge is 0.0730 e. The molecule has 1 aromatic rings. The Hall–Kier alpha value is -0.830. The van der Waals surface area contributed by atoms with Crippen LogP contribution in [0.1, 0.15) is 26.3 Å². The first-order chi connectivity index (χ1) is 6.68. The molecule has 0 aromatic heterocycles. The Labute approximate surface area is 92.9 Å². The SMILES string of the molecule is CC(C)(C)c1ccc(N=S(C)(C)=O)cc1. The summed E-state index contributed by atoms with van der Waals surface area (Å²) in [6, 6.07) is 7.94. The summed E-state index contributed by atoms with van der Waals surface area (Å²) >= 11 is 0. The molecular weight excluding hydrogens is 206 g/mol. The van der Waals surface area contributed by atoms with E-state index in [0.717, 1.165) is 5.69 Å². The summed E-state index contributed by atoms with van der Waals surface area (Å²) in [6.07, 6.45) is 3.29. The fraction of sp³-hybridized carbons (Fsp3) is 0.500. The molecule has 3 heteroatoms. The van der Waals surface area contributed by atoms with Gasteiger partial charge in [-0.05, 0) is 23.1 Å². The zero-order chi connectivity index (χ0) is 11.7. The van der Waals surface area contributed by atoms with Crippen LogP contribution >= 0.6 is 0 Å². The van der Waals surface area contributed by atoms with Crippen LogP contribution < -0.4 is 0 Å². The third-order valence-electron chi connectivity index (χ3n) is 2.06. The van der Waals surface area contributed by atoms with Gasteiger partial charge in [-0.1, -0.05) is 32.9 Å². The van der Waals surface area contributed by atoms with E-state index in [1.807, 2.05) is 24.3 Å². The van der Waals surface area contributed by atoms with Gasteiger partial charge in [-0.3, -0.25) is 0 Å². The molecule has 0 saturated heterocycles. The van der Waals surface area contributed by atoms with Gasteiger partial charge in [-0.25, -0.2) is 4.21 Å². The van der Waals surface area contributed by atoms with Crippen LogP contribution in [0.3, 0.4) is 0 Å². The van der Waals surface area contributed by atoms with E-state index in [1.165, 1.54) is 5.56 Å². The highest BCUT2D eigenvalue weighted by Crippen LogP contribution is 2.24. The maximum atomic E-state index is 11.5. The van der Waals surface area contributed by atoms with Crippen LogP contribution in [-0.4, -0.2) is 16.7 Å². The first-order valence-corrected chi connectivity index (χ1v) is 7.29. The molecule has 1 rings (SSSR count). The van der Waals surface area contributed by atoms with E-state index in [0.29, 0.717) is 0 Å². The van der Waals surface area contributed by atoms with E-state index < -0.39 is 9.73 Å². The van der Waals surface area contributed by atoms with E-state index in [2.05, 4.69) is 25.1 Å². The van der Waals surface area contributed by atoms with E-state index in [-0.39, 0.29) is 5.41 Å². The average Bonchev–Trinajstić information content (AvgIpc) is 2.00. The first-order valence-electron chi connectivity index (χ1n) is 4.96. The van der Waals surface area contributed by atoms with Gasteiger partial charge in [0.1, 0.15) is 0 Å². The number of hydrogen-bond acceptors (Lipinski definition) is 2. The summed E-state index contributed by atoms with van der Waals surface area (Å²) < 4.78 is 15.6. The van der Waals surface area contributed by atoms with Gasteiger partial charge in [0, 0.05) is 22.2 Å². The Morgan fingerprint density at radius 3 is 1.87 bits per heavy atom. The molecule has 0 heterocycles. The van der Waals surface area contributed by atoms with Crippen molar-refractivity contribution in [3.63, 3.8) is 0 Å². The van der Waals surface area contributed by atoms with Crippen LogP contribution in [0.2, 0.25) is 0 Å². The second-order valence-corrected chi connectivity index (χ2v) is 7.61. The zero-order valence-corrected chi connectivity index (χ0v) is 10.9. The maximum absolute atomic E-state index is 11.5. The molecule has 1 aromatic carbocycles. The van der Waals surface area contributed by atoms with E-state index in [4.69, 9.17) is 0 Å². The molecule has 0 atom stereocenters. The quantitative estimate of drug-likeness (QED) is 0.720. The largest absolute Gasteiger partial charge is 0.250 e. The van der Waals surface area contributed by atoms with Crippen LogP contribution in [0.25, 0.3) is 0 Å². The van der Waals surface area contributed by atoms with Gasteiger partial charge in [-0.2, -0.15) is 4.36 Å². The number of nitrogens with zero attached hydrogens (tertiary/aromatic N) is 1. The Kier molecular flexibility index (Phi) is 3.24. The molecule has 0 fully saturated rings. The number of rotatable bonds is 1. The summed E-state index contributed by atoms with van der Waals surface area (Å²) in [4.78, 5) is 0. The molecule has 0 unspecified atom stereocenters. The molecule has 0 saturated carbocycles. The van der Waals surface area contributed by atoms with Gasteiger partial charge < -0.3 is 0 Å². The standard InChI is InChI=1S/C12H19NOS/c1-12(2,3)10-6-8-11(9-7-10)13-15(4,5)14/h6-9H,1-5H3. The van der Waals surface area contributed by atoms with Crippen LogP contribution in [0, 0.1) is 0 Å². The fourth-order valence-corrected chi connectivity index (χ4v) is 1.91. The van der Waals surface area contributed by atoms with Crippen molar-refractivity contribution in [3.05, 3.63) is 29.8 Å². The molecule has 0 bridgehead atoms. The molecular formula is C12H19NOS. The van der Waals surface area contributed by atoms with Crippen molar-refractivity contribution in [3.8, 4) is 0 Å². The second kappa shape index (κ2) is 3.97. The Morgan fingerprint density at radius 2 is 1.53 bits per heavy atom. The van der Waals surface area contributed by atoms with Crippen molar-refractivity contribution in [2.45, 2.75) is 26.2 Å². The van der Waals surface area contributed by atoms with Crippen LogP contribution in [0.5, 0.6) is 0 Å². The van der Waals surface area contributed by atoms with Crippen LogP contribution in [0.15, 0.2) is 28.6 Å². The van der Waals surface area contributed by atoms with E-state index in [1.54, 1.807) is 12.5 Å². The van der Waals surface area contributed by atoms with Crippen LogP contribution in [0.4, 0.5) is 5.69 Å². The summed E-state index contributed by atoms with van der Waals surface area (Å²) in [5, 5.41) is 0. The lowest BCUT2D eigenvalue weighted by molar-refractivity contribution is 0.590. The van der Waals surface area contributed by atoms with Gasteiger partial charge in [-0.15, -0.1) is 0 Å². The van der Waals surface area contributed by atoms with E-state index >= 15 is 0 Å². The predicted molar refractivity (Wildman–Crippen MR) is 67.2 cm³/mol. The molecule has 0 radical (unpaired) electrons. The van der Waals surface area contributed by atoms with Crippen molar-refractivity contribution in [2.24, 2.45) is 4.36 Å². The summed E-state index contributed by atoms with van der Waals surface area (Å²) in [7, 11) is -2.05. The summed E-state index contributed by atoms with van der Waals surface area (Å²) in [5.74, 6) is 0. The Bertz CT molecular complexity index is 438. The van der Waals surface area contributed by atoms with Crippen molar-refractivity contribution >= 4 is 15.4 Å². The molecule has 0 amide bonds. The molecule has 0 N–H and O–H groups in total. The minimum atomic E-state index is -2.05. The lowest BCUT2D eigenvalue weighted by Gasteiger charge is -2.18. The number of hydrogen-bond donors (Lipinski definition) is 0. The molecule has 0 aliphatic heterocycles. The summed E-state index contributed by atoms with van der Waals surface area (Å²) in [6.45, 7) is 6.51. The molecule has 0 aliphatic carbocycles. The monoisotopic (exact) mass is 225 g/mol. The highest BCUT2D eigenvalue weighted by atomic mass is 32.2. The molecule has 2 nitrogen and oxygen atoms in total. The minimum absolute atomic E-state index is 0.151. The van der Waals surface area contributed by atoms with Crippen LogP contribution in [-0.2, 0) is 15.1 Å². The fourth-order valence-electron chi connectivity index (χ4n) is 1.28. The van der Waals surface area contributed by atoms with E-state index in [9.17, 15) is 4.21 Å².